The number of likely N-dealkylation sites (tertiary alicyclic amines) is 1. The zero-order valence-corrected chi connectivity index (χ0v) is 26.9. The number of benzene rings is 2. The summed E-state index contributed by atoms with van der Waals surface area (Å²) >= 11 is 0. The van der Waals surface area contributed by atoms with Gasteiger partial charge in [-0.2, -0.15) is 0 Å². The van der Waals surface area contributed by atoms with Crippen LogP contribution in [0.2, 0.25) is 0 Å². The molecule has 0 aliphatic carbocycles. The van der Waals surface area contributed by atoms with Gasteiger partial charge in [-0.05, 0) is 68.4 Å². The van der Waals surface area contributed by atoms with E-state index in [-0.39, 0.29) is 37.3 Å². The molecule has 4 atom stereocenters. The quantitative estimate of drug-likeness (QED) is 0.310. The number of unbranched alkanes of at least 4 members (excludes halogenated alkanes) is 1. The van der Waals surface area contributed by atoms with Crippen LogP contribution in [0.5, 0.6) is 11.5 Å². The van der Waals surface area contributed by atoms with Crippen LogP contribution in [0, 0.1) is 5.92 Å². The highest BCUT2D eigenvalue weighted by Gasteiger charge is 2.47. The molecule has 240 valence electrons. The van der Waals surface area contributed by atoms with Gasteiger partial charge >= 0.3 is 5.97 Å². The van der Waals surface area contributed by atoms with Crippen molar-refractivity contribution >= 4 is 17.6 Å². The van der Waals surface area contributed by atoms with Crippen molar-refractivity contribution in [1.82, 2.24) is 4.90 Å². The molecule has 3 aliphatic rings. The number of hydrogen-bond acceptors (Lipinski definition) is 6. The third-order valence-corrected chi connectivity index (χ3v) is 9.17. The Morgan fingerprint density at radius 2 is 1.86 bits per heavy atom. The SMILES string of the molecule is CCCCN(C(=O)CN1C[C@H](c2ccc3c(c2)OCO3)[C@@H](C(=O)O)[C@@H]1CCC1CCCCO1)c1cccc(C[N+](C)(C)C)c1. The fourth-order valence-corrected chi connectivity index (χ4v) is 7.07. The lowest BCUT2D eigenvalue weighted by Crippen LogP contribution is -2.45. The van der Waals surface area contributed by atoms with Crippen LogP contribution in [0.3, 0.4) is 0 Å². The van der Waals surface area contributed by atoms with Crippen molar-refractivity contribution in [1.29, 1.82) is 0 Å². The average molecular weight is 609 g/mol. The summed E-state index contributed by atoms with van der Waals surface area (Å²) in [5.74, 6) is -0.417. The van der Waals surface area contributed by atoms with Crippen molar-refractivity contribution in [3.05, 3.63) is 53.6 Å². The van der Waals surface area contributed by atoms with Gasteiger partial charge in [-0.25, -0.2) is 0 Å². The number of carboxylic acid groups (broad SMARTS) is 1. The topological polar surface area (TPSA) is 88.5 Å². The van der Waals surface area contributed by atoms with Crippen molar-refractivity contribution in [3.63, 3.8) is 0 Å². The number of amides is 1. The standard InChI is InChI=1S/C35H49N3O6/c1-5-6-17-37(27-11-9-10-25(19-27)23-38(2,3)4)33(39)22-36-21-29(26-13-16-31-32(20-26)44-24-43-31)34(35(40)41)30(36)15-14-28-12-7-8-18-42-28/h9-11,13,16,19-20,28-30,34H,5-8,12,14-15,17-18,21-24H2,1-4H3/p+1/t28?,29-,30+,34-/m1/s1. The van der Waals surface area contributed by atoms with E-state index in [0.29, 0.717) is 31.0 Å². The van der Waals surface area contributed by atoms with Crippen LogP contribution in [0.25, 0.3) is 0 Å². The second kappa shape index (κ2) is 14.3. The summed E-state index contributed by atoms with van der Waals surface area (Å²) in [6.45, 7) is 5.21. The van der Waals surface area contributed by atoms with Crippen molar-refractivity contribution < 1.29 is 33.4 Å². The zero-order valence-electron chi connectivity index (χ0n) is 26.9. The van der Waals surface area contributed by atoms with Crippen LogP contribution in [0.1, 0.15) is 68.9 Å². The van der Waals surface area contributed by atoms with Crippen molar-refractivity contribution in [3.8, 4) is 11.5 Å². The second-order valence-corrected chi connectivity index (χ2v) is 13.7. The van der Waals surface area contributed by atoms with E-state index in [4.69, 9.17) is 14.2 Å². The molecule has 2 aromatic carbocycles. The first-order valence-electron chi connectivity index (χ1n) is 16.3. The number of carboxylic acids is 1. The molecule has 5 rings (SSSR count). The van der Waals surface area contributed by atoms with Gasteiger partial charge in [0, 0.05) is 42.9 Å². The molecule has 0 bridgehead atoms. The molecule has 1 amide bonds. The Morgan fingerprint density at radius 1 is 1.05 bits per heavy atom. The fourth-order valence-electron chi connectivity index (χ4n) is 7.07. The third-order valence-electron chi connectivity index (χ3n) is 9.17. The van der Waals surface area contributed by atoms with Gasteiger partial charge < -0.3 is 28.7 Å². The summed E-state index contributed by atoms with van der Waals surface area (Å²) in [4.78, 5) is 31.2. The molecular weight excluding hydrogens is 558 g/mol. The predicted octanol–water partition coefficient (Wildman–Crippen LogP) is 5.27. The second-order valence-electron chi connectivity index (χ2n) is 13.7. The van der Waals surface area contributed by atoms with Crippen LogP contribution in [0.15, 0.2) is 42.5 Å². The smallest absolute Gasteiger partial charge is 0.308 e. The van der Waals surface area contributed by atoms with Gasteiger partial charge in [0.1, 0.15) is 6.54 Å². The summed E-state index contributed by atoms with van der Waals surface area (Å²) in [5.41, 5.74) is 3.00. The number of anilines is 1. The van der Waals surface area contributed by atoms with Crippen molar-refractivity contribution in [2.75, 3.05) is 59.1 Å². The summed E-state index contributed by atoms with van der Waals surface area (Å²) in [6.07, 6.45) is 6.69. The van der Waals surface area contributed by atoms with E-state index in [2.05, 4.69) is 45.1 Å². The summed E-state index contributed by atoms with van der Waals surface area (Å²) in [5, 5.41) is 10.6. The Bertz CT molecular complexity index is 1290. The Hall–Kier alpha value is -3.14. The largest absolute Gasteiger partial charge is 0.481 e. The number of carbonyl (C=O) groups excluding carboxylic acids is 1. The number of quaternary nitrogens is 1. The molecule has 3 aliphatic heterocycles. The van der Waals surface area contributed by atoms with E-state index in [1.54, 1.807) is 0 Å². The summed E-state index contributed by atoms with van der Waals surface area (Å²) < 4.78 is 18.0. The number of rotatable bonds is 13. The highest BCUT2D eigenvalue weighted by Crippen LogP contribution is 2.43. The molecule has 2 saturated heterocycles. The molecule has 2 fully saturated rings. The highest BCUT2D eigenvalue weighted by molar-refractivity contribution is 5.95. The lowest BCUT2D eigenvalue weighted by atomic mass is 9.83. The van der Waals surface area contributed by atoms with Crippen LogP contribution in [0.4, 0.5) is 5.69 Å². The normalized spacial score (nSPS) is 23.5. The van der Waals surface area contributed by atoms with Gasteiger partial charge in [-0.15, -0.1) is 0 Å². The van der Waals surface area contributed by atoms with Crippen LogP contribution in [-0.4, -0.2) is 92.7 Å². The molecule has 0 spiro atoms. The van der Waals surface area contributed by atoms with Gasteiger partial charge in [0.2, 0.25) is 12.7 Å². The average Bonchev–Trinajstić information content (AvgIpc) is 3.60. The molecule has 0 saturated carbocycles. The van der Waals surface area contributed by atoms with Crippen LogP contribution >= 0.6 is 0 Å². The van der Waals surface area contributed by atoms with Gasteiger partial charge in [0.25, 0.3) is 0 Å². The lowest BCUT2D eigenvalue weighted by molar-refractivity contribution is -0.884. The number of carbonyl (C=O) groups is 2. The maximum absolute atomic E-state index is 14.2. The van der Waals surface area contributed by atoms with Crippen molar-refractivity contribution in [2.24, 2.45) is 5.92 Å². The summed E-state index contributed by atoms with van der Waals surface area (Å²) in [6, 6.07) is 13.8. The van der Waals surface area contributed by atoms with Crippen molar-refractivity contribution in [2.45, 2.75) is 76.5 Å². The first kappa shape index (κ1) is 32.3. The Kier molecular flexibility index (Phi) is 10.5. The molecule has 0 radical (unpaired) electrons. The van der Waals surface area contributed by atoms with E-state index in [9.17, 15) is 14.7 Å². The maximum atomic E-state index is 14.2. The minimum Gasteiger partial charge on any atom is -0.481 e. The minimum atomic E-state index is -0.826. The highest BCUT2D eigenvalue weighted by atomic mass is 16.7. The summed E-state index contributed by atoms with van der Waals surface area (Å²) in [7, 11) is 6.48. The van der Waals surface area contributed by atoms with Gasteiger partial charge in [-0.3, -0.25) is 14.5 Å². The van der Waals surface area contributed by atoms with Gasteiger partial charge in [0.15, 0.2) is 11.5 Å². The predicted molar refractivity (Wildman–Crippen MR) is 170 cm³/mol. The van der Waals surface area contributed by atoms with Gasteiger partial charge in [0.05, 0.1) is 39.7 Å². The molecule has 3 heterocycles. The zero-order chi connectivity index (χ0) is 31.3. The van der Waals surface area contributed by atoms with E-state index in [1.165, 1.54) is 5.56 Å². The van der Waals surface area contributed by atoms with E-state index >= 15 is 0 Å². The van der Waals surface area contributed by atoms with E-state index < -0.39 is 11.9 Å². The Labute approximate surface area is 262 Å². The third kappa shape index (κ3) is 7.92. The monoisotopic (exact) mass is 608 g/mol. The van der Waals surface area contributed by atoms with E-state index in [0.717, 1.165) is 67.4 Å². The number of nitrogens with zero attached hydrogens (tertiary/aromatic N) is 3. The Morgan fingerprint density at radius 3 is 2.59 bits per heavy atom. The van der Waals surface area contributed by atoms with E-state index in [1.807, 2.05) is 35.2 Å². The maximum Gasteiger partial charge on any atom is 0.308 e. The first-order chi connectivity index (χ1) is 21.1. The molecule has 0 aromatic heterocycles. The fraction of sp³-hybridized carbons (Fsp3) is 0.600. The number of hydrogen-bond donors (Lipinski definition) is 1. The van der Waals surface area contributed by atoms with Crippen LogP contribution in [-0.2, 0) is 20.9 Å². The molecule has 1 N–H and O–H groups in total. The number of fused-ring (bicyclic) bond motifs is 1. The lowest BCUT2D eigenvalue weighted by Gasteiger charge is -2.31. The molecule has 44 heavy (non-hydrogen) atoms. The molecule has 1 unspecified atom stereocenters. The Balaban J connectivity index is 1.41. The minimum absolute atomic E-state index is 0.00948. The van der Waals surface area contributed by atoms with Crippen LogP contribution < -0.4 is 14.4 Å². The molecule has 9 nitrogen and oxygen atoms in total. The molecular formula is C35H50N3O6+. The molecule has 9 heteroatoms. The van der Waals surface area contributed by atoms with Gasteiger partial charge in [-0.1, -0.05) is 31.5 Å². The molecule has 2 aromatic rings. The number of aliphatic carboxylic acids is 1. The first-order valence-corrected chi connectivity index (χ1v) is 16.3. The number of ether oxygens (including phenoxy) is 3.